The molecule has 33 heavy (non-hydrogen) atoms. The van der Waals surface area contributed by atoms with Crippen molar-refractivity contribution >= 4 is 33.5 Å². The molecule has 164 valence electrons. The van der Waals surface area contributed by atoms with Crippen LogP contribution in [-0.2, 0) is 23.2 Å². The number of nitrogens with zero attached hydrogens (tertiary/aromatic N) is 4. The molecule has 0 spiro atoms. The van der Waals surface area contributed by atoms with E-state index in [1.807, 2.05) is 19.2 Å². The van der Waals surface area contributed by atoms with E-state index in [-0.39, 0.29) is 5.91 Å². The summed E-state index contributed by atoms with van der Waals surface area (Å²) < 4.78 is 2.32. The van der Waals surface area contributed by atoms with Crippen molar-refractivity contribution in [1.29, 1.82) is 0 Å². The Morgan fingerprint density at radius 2 is 2.00 bits per heavy atom. The van der Waals surface area contributed by atoms with Crippen LogP contribution >= 0.6 is 0 Å². The van der Waals surface area contributed by atoms with E-state index in [0.717, 1.165) is 64.6 Å². The van der Waals surface area contributed by atoms with E-state index >= 15 is 0 Å². The van der Waals surface area contributed by atoms with Crippen molar-refractivity contribution in [3.63, 3.8) is 0 Å². The first kappa shape index (κ1) is 19.7. The Hall–Kier alpha value is -3.92. The summed E-state index contributed by atoms with van der Waals surface area (Å²) in [5.41, 5.74) is 9.66. The highest BCUT2D eigenvalue weighted by Gasteiger charge is 2.51. The largest absolute Gasteiger partial charge is 0.373 e. The molecule has 7 heteroatoms. The van der Waals surface area contributed by atoms with Crippen molar-refractivity contribution < 1.29 is 4.79 Å². The molecule has 3 N–H and O–H groups in total. The number of hydrogen-bond donors (Lipinski definition) is 2. The lowest BCUT2D eigenvalue weighted by Gasteiger charge is -2.13. The van der Waals surface area contributed by atoms with Gasteiger partial charge in [0.15, 0.2) is 0 Å². The molecular weight excluding hydrogens is 412 g/mol. The van der Waals surface area contributed by atoms with Crippen molar-refractivity contribution in [2.75, 3.05) is 12.4 Å². The molecular formula is C26H24N6O. The van der Waals surface area contributed by atoms with Gasteiger partial charge in [-0.2, -0.15) is 0 Å². The number of pyridine rings is 2. The highest BCUT2D eigenvalue weighted by molar-refractivity contribution is 5.97. The minimum absolute atomic E-state index is 0.317. The van der Waals surface area contributed by atoms with Gasteiger partial charge in [0.2, 0.25) is 5.91 Å². The predicted octanol–water partition coefficient (Wildman–Crippen LogP) is 3.27. The molecule has 4 aromatic rings. The predicted molar refractivity (Wildman–Crippen MR) is 128 cm³/mol. The SMILES string of the molecule is CNc1ncc(C#Cc2ccc3nc4n(c3c2)CCCC4)c2cc(C3(C(N)=O)CC3)ncc12. The topological polar surface area (TPSA) is 98.7 Å². The van der Waals surface area contributed by atoms with Gasteiger partial charge >= 0.3 is 0 Å². The van der Waals surface area contributed by atoms with Gasteiger partial charge in [-0.3, -0.25) is 9.78 Å². The van der Waals surface area contributed by atoms with Crippen molar-refractivity contribution in [3.05, 3.63) is 59.3 Å². The number of amides is 1. The summed E-state index contributed by atoms with van der Waals surface area (Å²) in [6.07, 6.45) is 8.44. The summed E-state index contributed by atoms with van der Waals surface area (Å²) in [6.45, 7) is 1.01. The van der Waals surface area contributed by atoms with E-state index in [2.05, 4.69) is 43.8 Å². The maximum atomic E-state index is 12.0. The third kappa shape index (κ3) is 3.13. The normalized spacial score (nSPS) is 16.2. The number of carbonyl (C=O) groups excluding carboxylic acids is 1. The molecule has 0 radical (unpaired) electrons. The standard InChI is InChI=1S/C26H24N6O/c1-28-24-19-15-29-22(26(9-10-26)25(27)33)13-18(19)17(14-30-24)7-5-16-6-8-20-21(12-16)32-11-3-2-4-23(32)31-20/h6,8,12-15H,2-4,9-11H2,1H3,(H2,27,33)(H,28,30). The molecule has 0 bridgehead atoms. The highest BCUT2D eigenvalue weighted by atomic mass is 16.1. The van der Waals surface area contributed by atoms with Crippen LogP contribution in [0.2, 0.25) is 0 Å². The average Bonchev–Trinajstić information content (AvgIpc) is 3.58. The van der Waals surface area contributed by atoms with E-state index in [1.165, 1.54) is 18.7 Å². The number of hydrogen-bond acceptors (Lipinski definition) is 5. The third-order valence-electron chi connectivity index (χ3n) is 6.92. The summed E-state index contributed by atoms with van der Waals surface area (Å²) in [5.74, 6) is 8.20. The van der Waals surface area contributed by atoms with Gasteiger partial charge in [0.25, 0.3) is 0 Å². The van der Waals surface area contributed by atoms with Crippen LogP contribution in [0.25, 0.3) is 21.8 Å². The van der Waals surface area contributed by atoms with Crippen LogP contribution in [0.5, 0.6) is 0 Å². The van der Waals surface area contributed by atoms with Crippen LogP contribution in [0, 0.1) is 11.8 Å². The summed E-state index contributed by atoms with van der Waals surface area (Å²) in [5, 5.41) is 4.90. The smallest absolute Gasteiger partial charge is 0.229 e. The number of benzene rings is 1. The lowest BCUT2D eigenvalue weighted by Crippen LogP contribution is -2.29. The first-order valence-corrected chi connectivity index (χ1v) is 11.4. The van der Waals surface area contributed by atoms with Gasteiger partial charge in [-0.1, -0.05) is 11.8 Å². The van der Waals surface area contributed by atoms with Gasteiger partial charge in [0.1, 0.15) is 11.6 Å². The van der Waals surface area contributed by atoms with E-state index in [4.69, 9.17) is 10.7 Å². The second-order valence-corrected chi connectivity index (χ2v) is 8.92. The molecule has 3 aromatic heterocycles. The number of primary amides is 1. The Morgan fingerprint density at radius 3 is 2.79 bits per heavy atom. The first-order chi connectivity index (χ1) is 16.1. The second kappa shape index (κ2) is 7.31. The maximum absolute atomic E-state index is 12.0. The van der Waals surface area contributed by atoms with Crippen molar-refractivity contribution in [3.8, 4) is 11.8 Å². The molecule has 0 saturated heterocycles. The number of aryl methyl sites for hydroxylation is 2. The minimum Gasteiger partial charge on any atom is -0.373 e. The molecule has 1 aliphatic heterocycles. The zero-order valence-corrected chi connectivity index (χ0v) is 18.5. The van der Waals surface area contributed by atoms with Crippen molar-refractivity contribution in [1.82, 2.24) is 19.5 Å². The van der Waals surface area contributed by atoms with Crippen LogP contribution in [0.15, 0.2) is 36.7 Å². The number of fused-ring (bicyclic) bond motifs is 4. The summed E-state index contributed by atoms with van der Waals surface area (Å²) in [7, 11) is 1.83. The fourth-order valence-corrected chi connectivity index (χ4v) is 4.83. The number of nitrogens with two attached hydrogens (primary N) is 1. The van der Waals surface area contributed by atoms with Gasteiger partial charge in [0, 0.05) is 48.7 Å². The molecule has 1 aromatic carbocycles. The molecule has 4 heterocycles. The molecule has 7 nitrogen and oxygen atoms in total. The Bertz CT molecular complexity index is 1500. The quantitative estimate of drug-likeness (QED) is 0.480. The zero-order chi connectivity index (χ0) is 22.6. The van der Waals surface area contributed by atoms with Gasteiger partial charge in [-0.25, -0.2) is 9.97 Å². The van der Waals surface area contributed by atoms with E-state index in [9.17, 15) is 4.79 Å². The van der Waals surface area contributed by atoms with Crippen LogP contribution in [-0.4, -0.2) is 32.5 Å². The molecule has 2 aliphatic rings. The Morgan fingerprint density at radius 1 is 1.12 bits per heavy atom. The van der Waals surface area contributed by atoms with Crippen molar-refractivity contribution in [2.24, 2.45) is 5.73 Å². The molecule has 1 aliphatic carbocycles. The Kier molecular flexibility index (Phi) is 4.37. The number of imidazole rings is 1. The lowest BCUT2D eigenvalue weighted by molar-refractivity contribution is -0.120. The van der Waals surface area contributed by atoms with E-state index in [0.29, 0.717) is 5.69 Å². The third-order valence-corrected chi connectivity index (χ3v) is 6.92. The van der Waals surface area contributed by atoms with Gasteiger partial charge in [0.05, 0.1) is 27.7 Å². The van der Waals surface area contributed by atoms with Gasteiger partial charge in [-0.15, -0.1) is 0 Å². The summed E-state index contributed by atoms with van der Waals surface area (Å²) in [4.78, 5) is 25.9. The molecule has 0 unspecified atom stereocenters. The highest BCUT2D eigenvalue weighted by Crippen LogP contribution is 2.47. The van der Waals surface area contributed by atoms with Gasteiger partial charge < -0.3 is 15.6 Å². The lowest BCUT2D eigenvalue weighted by atomic mass is 9.98. The van der Waals surface area contributed by atoms with Crippen molar-refractivity contribution in [2.45, 2.75) is 44.1 Å². The molecule has 1 saturated carbocycles. The fraction of sp³-hybridized carbons (Fsp3) is 0.308. The maximum Gasteiger partial charge on any atom is 0.229 e. The number of rotatable bonds is 3. The summed E-state index contributed by atoms with van der Waals surface area (Å²) >= 11 is 0. The Balaban J connectivity index is 1.45. The van der Waals surface area contributed by atoms with Crippen LogP contribution in [0.3, 0.4) is 0 Å². The van der Waals surface area contributed by atoms with Gasteiger partial charge in [-0.05, 0) is 49.9 Å². The second-order valence-electron chi connectivity index (χ2n) is 8.92. The average molecular weight is 437 g/mol. The number of anilines is 1. The minimum atomic E-state index is -0.645. The first-order valence-electron chi connectivity index (χ1n) is 11.4. The fourth-order valence-electron chi connectivity index (χ4n) is 4.83. The number of aromatic nitrogens is 4. The van der Waals surface area contributed by atoms with Crippen LogP contribution in [0.1, 0.15) is 48.3 Å². The van der Waals surface area contributed by atoms with Crippen LogP contribution in [0.4, 0.5) is 5.82 Å². The number of nitrogens with one attached hydrogen (secondary N) is 1. The molecule has 6 rings (SSSR count). The molecule has 1 amide bonds. The zero-order valence-electron chi connectivity index (χ0n) is 18.5. The molecule has 1 fully saturated rings. The van der Waals surface area contributed by atoms with E-state index in [1.54, 1.807) is 12.4 Å². The molecule has 0 atom stereocenters. The number of carbonyl (C=O) groups is 1. The summed E-state index contributed by atoms with van der Waals surface area (Å²) in [6, 6.07) is 8.15. The van der Waals surface area contributed by atoms with Crippen LogP contribution < -0.4 is 11.1 Å². The van der Waals surface area contributed by atoms with E-state index < -0.39 is 5.41 Å². The monoisotopic (exact) mass is 436 g/mol. The Labute approximate surface area is 191 Å².